The summed E-state index contributed by atoms with van der Waals surface area (Å²) in [4.78, 5) is 18.5. The lowest BCUT2D eigenvalue weighted by Gasteiger charge is -2.18. The minimum atomic E-state index is -0.0340. The second kappa shape index (κ2) is 7.54. The van der Waals surface area contributed by atoms with Crippen LogP contribution in [0.3, 0.4) is 0 Å². The zero-order chi connectivity index (χ0) is 17.8. The van der Waals surface area contributed by atoms with Gasteiger partial charge in [-0.1, -0.05) is 23.7 Å². The summed E-state index contributed by atoms with van der Waals surface area (Å²) in [6.07, 6.45) is 1.18. The van der Waals surface area contributed by atoms with Crippen molar-refractivity contribution in [2.75, 3.05) is 18.4 Å². The maximum absolute atomic E-state index is 12.3. The lowest BCUT2D eigenvalue weighted by atomic mass is 10.1. The second-order valence-electron chi connectivity index (χ2n) is 6.23. The summed E-state index contributed by atoms with van der Waals surface area (Å²) in [5.74, 6) is 0.669. The van der Waals surface area contributed by atoms with Crippen LogP contribution in [-0.2, 0) is 11.2 Å². The van der Waals surface area contributed by atoms with Crippen LogP contribution < -0.4 is 5.32 Å². The van der Waals surface area contributed by atoms with Gasteiger partial charge in [0.25, 0.3) is 0 Å². The van der Waals surface area contributed by atoms with E-state index in [0.29, 0.717) is 35.9 Å². The van der Waals surface area contributed by atoms with Gasteiger partial charge in [-0.2, -0.15) is 5.26 Å². The molecule has 5 nitrogen and oxygen atoms in total. The predicted molar refractivity (Wildman–Crippen MR) is 97.5 cm³/mol. The van der Waals surface area contributed by atoms with Crippen LogP contribution in [0.15, 0.2) is 36.4 Å². The van der Waals surface area contributed by atoms with Crippen LogP contribution >= 0.6 is 11.6 Å². The van der Waals surface area contributed by atoms with E-state index < -0.39 is 0 Å². The molecule has 3 rings (SSSR count). The van der Waals surface area contributed by atoms with Crippen LogP contribution in [0.2, 0.25) is 5.02 Å². The predicted octanol–water partition coefficient (Wildman–Crippen LogP) is 3.17. The molecule has 25 heavy (non-hydrogen) atoms. The number of likely N-dealkylation sites (tertiary alicyclic amines) is 1. The lowest BCUT2D eigenvalue weighted by Crippen LogP contribution is -2.30. The number of amides is 1. The summed E-state index contributed by atoms with van der Waals surface area (Å²) < 4.78 is 0. The number of nitrogens with one attached hydrogen (secondary N) is 1. The number of aromatic nitrogens is 1. The second-order valence-corrected chi connectivity index (χ2v) is 6.66. The first-order chi connectivity index (χ1) is 12.0. The van der Waals surface area contributed by atoms with Crippen molar-refractivity contribution in [2.24, 2.45) is 0 Å². The van der Waals surface area contributed by atoms with Crippen molar-refractivity contribution in [1.82, 2.24) is 9.88 Å². The van der Waals surface area contributed by atoms with Crippen molar-refractivity contribution in [1.29, 1.82) is 5.26 Å². The molecule has 6 heteroatoms. The number of rotatable bonds is 5. The van der Waals surface area contributed by atoms with E-state index in [0.717, 1.165) is 17.7 Å². The zero-order valence-corrected chi connectivity index (χ0v) is 14.8. The fraction of sp³-hybridized carbons (Fsp3) is 0.316. The van der Waals surface area contributed by atoms with Crippen LogP contribution in [0.1, 0.15) is 23.2 Å². The third-order valence-electron chi connectivity index (χ3n) is 4.27. The van der Waals surface area contributed by atoms with E-state index in [1.54, 1.807) is 12.1 Å². The monoisotopic (exact) mass is 354 g/mol. The number of pyridine rings is 1. The van der Waals surface area contributed by atoms with E-state index in [-0.39, 0.29) is 11.9 Å². The van der Waals surface area contributed by atoms with Gasteiger partial charge in [0.1, 0.15) is 11.9 Å². The van der Waals surface area contributed by atoms with E-state index in [9.17, 15) is 10.1 Å². The molecule has 128 valence electrons. The lowest BCUT2D eigenvalue weighted by molar-refractivity contribution is -0.127. The van der Waals surface area contributed by atoms with Crippen molar-refractivity contribution < 1.29 is 4.79 Å². The number of nitriles is 1. The highest BCUT2D eigenvalue weighted by Gasteiger charge is 2.29. The Morgan fingerprint density at radius 2 is 2.24 bits per heavy atom. The van der Waals surface area contributed by atoms with Gasteiger partial charge < -0.3 is 10.2 Å². The summed E-state index contributed by atoms with van der Waals surface area (Å²) in [6.45, 7) is 3.15. The summed E-state index contributed by atoms with van der Waals surface area (Å²) in [5.41, 5.74) is 2.45. The van der Waals surface area contributed by atoms with Gasteiger partial charge in [0, 0.05) is 30.2 Å². The molecule has 1 amide bonds. The van der Waals surface area contributed by atoms with Gasteiger partial charge >= 0.3 is 0 Å². The number of benzene rings is 1. The van der Waals surface area contributed by atoms with Crippen LogP contribution in [0.5, 0.6) is 0 Å². The van der Waals surface area contributed by atoms with E-state index >= 15 is 0 Å². The molecule has 2 heterocycles. The van der Waals surface area contributed by atoms with Gasteiger partial charge in [-0.15, -0.1) is 0 Å². The molecule has 1 aromatic heterocycles. The Bertz CT molecular complexity index is 830. The van der Waals surface area contributed by atoms with Crippen molar-refractivity contribution in [3.05, 3.63) is 58.2 Å². The largest absolute Gasteiger partial charge is 0.364 e. The first-order valence-corrected chi connectivity index (χ1v) is 8.59. The fourth-order valence-corrected chi connectivity index (χ4v) is 3.20. The minimum Gasteiger partial charge on any atom is -0.364 e. The molecule has 1 aliphatic rings. The number of nitrogens with zero attached hydrogens (tertiary/aromatic N) is 3. The molecule has 0 radical (unpaired) electrons. The van der Waals surface area contributed by atoms with Gasteiger partial charge in [0.05, 0.1) is 11.6 Å². The molecule has 2 aromatic rings. The van der Waals surface area contributed by atoms with Gasteiger partial charge in [-0.25, -0.2) is 4.98 Å². The zero-order valence-electron chi connectivity index (χ0n) is 14.0. The number of hydrogen-bond acceptors (Lipinski definition) is 4. The standard InChI is InChI=1S/C19H19ClN4O/c1-13-5-6-15(11-21)19(22-13)23-17-10-18(25)24(12-17)8-7-14-3-2-4-16(20)9-14/h2-6,9,17H,7-8,10,12H2,1H3,(H,22,23)/t17-/m1/s1. The average molecular weight is 355 g/mol. The normalized spacial score (nSPS) is 16.8. The van der Waals surface area contributed by atoms with E-state index in [2.05, 4.69) is 16.4 Å². The van der Waals surface area contributed by atoms with Crippen molar-refractivity contribution in [3.8, 4) is 6.07 Å². The summed E-state index contributed by atoms with van der Waals surface area (Å²) in [5, 5.41) is 13.2. The Morgan fingerprint density at radius 3 is 3.00 bits per heavy atom. The highest BCUT2D eigenvalue weighted by Crippen LogP contribution is 2.20. The quantitative estimate of drug-likeness (QED) is 0.895. The Labute approximate surface area is 152 Å². The maximum Gasteiger partial charge on any atom is 0.224 e. The molecular weight excluding hydrogens is 336 g/mol. The Kier molecular flexibility index (Phi) is 5.20. The van der Waals surface area contributed by atoms with Crippen LogP contribution in [0, 0.1) is 18.3 Å². The Morgan fingerprint density at radius 1 is 1.40 bits per heavy atom. The molecule has 1 aliphatic heterocycles. The van der Waals surface area contributed by atoms with Crippen LogP contribution in [0.4, 0.5) is 5.82 Å². The average Bonchev–Trinajstić information content (AvgIpc) is 2.93. The Hall–Kier alpha value is -2.58. The molecule has 1 fully saturated rings. The van der Waals surface area contributed by atoms with Gasteiger partial charge in [0.15, 0.2) is 0 Å². The van der Waals surface area contributed by atoms with Crippen LogP contribution in [-0.4, -0.2) is 34.9 Å². The third kappa shape index (κ3) is 4.28. The topological polar surface area (TPSA) is 69.0 Å². The number of carbonyl (C=O) groups is 1. The van der Waals surface area contributed by atoms with Crippen LogP contribution in [0.25, 0.3) is 0 Å². The number of aryl methyl sites for hydroxylation is 1. The van der Waals surface area contributed by atoms with Crippen molar-refractivity contribution >= 4 is 23.3 Å². The highest BCUT2D eigenvalue weighted by atomic mass is 35.5. The fourth-order valence-electron chi connectivity index (χ4n) is 2.99. The molecule has 0 bridgehead atoms. The van der Waals surface area contributed by atoms with Gasteiger partial charge in [-0.3, -0.25) is 4.79 Å². The molecule has 0 saturated carbocycles. The Balaban J connectivity index is 1.61. The van der Waals surface area contributed by atoms with Crippen molar-refractivity contribution in [2.45, 2.75) is 25.8 Å². The van der Waals surface area contributed by atoms with E-state index in [1.807, 2.05) is 36.1 Å². The molecule has 0 aliphatic carbocycles. The minimum absolute atomic E-state index is 0.0340. The van der Waals surface area contributed by atoms with Crippen molar-refractivity contribution in [3.63, 3.8) is 0 Å². The molecular formula is C19H19ClN4O. The molecule has 1 N–H and O–H groups in total. The summed E-state index contributed by atoms with van der Waals surface area (Å²) >= 11 is 6.00. The number of halogens is 1. The molecule has 1 atom stereocenters. The molecule has 0 unspecified atom stereocenters. The smallest absolute Gasteiger partial charge is 0.224 e. The number of carbonyl (C=O) groups excluding carboxylic acids is 1. The maximum atomic E-state index is 12.3. The highest BCUT2D eigenvalue weighted by molar-refractivity contribution is 6.30. The SMILES string of the molecule is Cc1ccc(C#N)c(N[C@@H]2CC(=O)N(CCc3cccc(Cl)c3)C2)n1. The van der Waals surface area contributed by atoms with E-state index in [1.165, 1.54) is 0 Å². The third-order valence-corrected chi connectivity index (χ3v) is 4.50. The first-order valence-electron chi connectivity index (χ1n) is 8.21. The molecule has 1 saturated heterocycles. The number of anilines is 1. The first kappa shape index (κ1) is 17.2. The summed E-state index contributed by atoms with van der Waals surface area (Å²) in [7, 11) is 0. The molecule has 0 spiro atoms. The number of hydrogen-bond donors (Lipinski definition) is 1. The summed E-state index contributed by atoms with van der Waals surface area (Å²) in [6, 6.07) is 13.4. The molecule has 1 aromatic carbocycles. The van der Waals surface area contributed by atoms with Gasteiger partial charge in [-0.05, 0) is 43.2 Å². The van der Waals surface area contributed by atoms with Gasteiger partial charge in [0.2, 0.25) is 5.91 Å². The van der Waals surface area contributed by atoms with E-state index in [4.69, 9.17) is 11.6 Å².